The lowest BCUT2D eigenvalue weighted by atomic mass is 9.97. The molecule has 1 fully saturated rings. The fourth-order valence-electron chi connectivity index (χ4n) is 2.38. The maximum Gasteiger partial charge on any atom is 0.232 e. The van der Waals surface area contributed by atoms with Crippen molar-refractivity contribution in [1.29, 1.82) is 0 Å². The first-order chi connectivity index (χ1) is 8.52. The molecule has 106 valence electrons. The van der Waals surface area contributed by atoms with Gasteiger partial charge < -0.3 is 10.6 Å². The number of thioether (sulfide) groups is 1. The zero-order valence-electron chi connectivity index (χ0n) is 12.0. The Bertz CT molecular complexity index is 256. The molecular formula is C14H28N2OS. The van der Waals surface area contributed by atoms with Crippen LogP contribution in [-0.4, -0.2) is 40.9 Å². The summed E-state index contributed by atoms with van der Waals surface area (Å²) in [5.41, 5.74) is 5.99. The van der Waals surface area contributed by atoms with E-state index in [1.165, 1.54) is 12.8 Å². The Balaban J connectivity index is 2.34. The fourth-order valence-corrected chi connectivity index (χ4v) is 3.50. The van der Waals surface area contributed by atoms with Gasteiger partial charge in [0.05, 0.1) is 5.75 Å². The summed E-state index contributed by atoms with van der Waals surface area (Å²) in [5.74, 6) is 2.71. The quantitative estimate of drug-likeness (QED) is 0.756. The van der Waals surface area contributed by atoms with Crippen molar-refractivity contribution in [3.8, 4) is 0 Å². The van der Waals surface area contributed by atoms with Crippen LogP contribution in [-0.2, 0) is 4.79 Å². The van der Waals surface area contributed by atoms with Crippen LogP contribution in [0.2, 0.25) is 0 Å². The molecule has 0 aromatic rings. The van der Waals surface area contributed by atoms with Crippen LogP contribution in [0, 0.1) is 5.92 Å². The highest BCUT2D eigenvalue weighted by molar-refractivity contribution is 7.99. The Morgan fingerprint density at radius 1 is 1.39 bits per heavy atom. The molecule has 2 atom stereocenters. The summed E-state index contributed by atoms with van der Waals surface area (Å²) in [5, 5.41) is 0. The summed E-state index contributed by atoms with van der Waals surface area (Å²) in [6, 6.07) is 0.354. The van der Waals surface area contributed by atoms with E-state index in [1.807, 2.05) is 11.8 Å². The van der Waals surface area contributed by atoms with Crippen molar-refractivity contribution in [2.24, 2.45) is 11.7 Å². The molecule has 0 saturated carbocycles. The molecule has 1 aliphatic rings. The van der Waals surface area contributed by atoms with Gasteiger partial charge in [0.15, 0.2) is 0 Å². The highest BCUT2D eigenvalue weighted by Gasteiger charge is 2.28. The number of nitrogens with two attached hydrogens (primary N) is 1. The average Bonchev–Trinajstić information content (AvgIpc) is 2.34. The number of hydrogen-bond donors (Lipinski definition) is 1. The smallest absolute Gasteiger partial charge is 0.232 e. The number of piperidine rings is 1. The van der Waals surface area contributed by atoms with Gasteiger partial charge >= 0.3 is 0 Å². The van der Waals surface area contributed by atoms with E-state index in [2.05, 4.69) is 13.8 Å². The van der Waals surface area contributed by atoms with Crippen LogP contribution in [0.4, 0.5) is 0 Å². The molecule has 2 N–H and O–H groups in total. The Morgan fingerprint density at radius 3 is 2.72 bits per heavy atom. The average molecular weight is 272 g/mol. The molecule has 1 aliphatic heterocycles. The van der Waals surface area contributed by atoms with Crippen molar-refractivity contribution < 1.29 is 4.79 Å². The van der Waals surface area contributed by atoms with Gasteiger partial charge in [0, 0.05) is 18.6 Å². The molecule has 0 bridgehead atoms. The molecule has 1 rings (SSSR count). The highest BCUT2D eigenvalue weighted by atomic mass is 32.2. The zero-order valence-corrected chi connectivity index (χ0v) is 12.8. The maximum atomic E-state index is 12.2. The Morgan fingerprint density at radius 2 is 2.11 bits per heavy atom. The molecule has 4 heteroatoms. The van der Waals surface area contributed by atoms with E-state index in [-0.39, 0.29) is 18.0 Å². The highest BCUT2D eigenvalue weighted by Crippen LogP contribution is 2.20. The van der Waals surface area contributed by atoms with Crippen molar-refractivity contribution >= 4 is 17.7 Å². The number of carbonyl (C=O) groups excluding carboxylic acids is 1. The Kier molecular flexibility index (Phi) is 7.08. The molecule has 1 amide bonds. The summed E-state index contributed by atoms with van der Waals surface area (Å²) in [6.45, 7) is 7.36. The van der Waals surface area contributed by atoms with Gasteiger partial charge in [-0.15, -0.1) is 0 Å². The van der Waals surface area contributed by atoms with E-state index in [0.29, 0.717) is 5.75 Å². The van der Waals surface area contributed by atoms with E-state index >= 15 is 0 Å². The van der Waals surface area contributed by atoms with Gasteiger partial charge in [-0.2, -0.15) is 11.8 Å². The first-order valence-corrected chi connectivity index (χ1v) is 8.30. The van der Waals surface area contributed by atoms with Gasteiger partial charge in [-0.25, -0.2) is 0 Å². The number of hydrogen-bond acceptors (Lipinski definition) is 3. The van der Waals surface area contributed by atoms with Crippen molar-refractivity contribution in [2.75, 3.05) is 18.1 Å². The van der Waals surface area contributed by atoms with Crippen molar-refractivity contribution in [3.05, 3.63) is 0 Å². The monoisotopic (exact) mass is 272 g/mol. The van der Waals surface area contributed by atoms with Crippen LogP contribution in [0.1, 0.15) is 46.5 Å². The minimum atomic E-state index is 0.0925. The molecule has 0 aromatic heterocycles. The third-order valence-corrected chi connectivity index (χ3v) is 4.52. The lowest BCUT2D eigenvalue weighted by Gasteiger charge is -2.38. The number of carbonyl (C=O) groups is 1. The van der Waals surface area contributed by atoms with Crippen molar-refractivity contribution in [1.82, 2.24) is 4.90 Å². The normalized spacial score (nSPS) is 22.3. The Hall–Kier alpha value is -0.220. The number of amides is 1. The topological polar surface area (TPSA) is 46.3 Å². The van der Waals surface area contributed by atoms with Gasteiger partial charge in [0.1, 0.15) is 0 Å². The molecule has 18 heavy (non-hydrogen) atoms. The lowest BCUT2D eigenvalue weighted by molar-refractivity contribution is -0.132. The minimum Gasteiger partial charge on any atom is -0.337 e. The second-order valence-electron chi connectivity index (χ2n) is 5.74. The van der Waals surface area contributed by atoms with Crippen LogP contribution < -0.4 is 5.73 Å². The lowest BCUT2D eigenvalue weighted by Crippen LogP contribution is -2.52. The van der Waals surface area contributed by atoms with E-state index in [9.17, 15) is 4.79 Å². The van der Waals surface area contributed by atoms with Crippen LogP contribution in [0.15, 0.2) is 0 Å². The van der Waals surface area contributed by atoms with Gasteiger partial charge in [-0.1, -0.05) is 13.8 Å². The first-order valence-electron chi connectivity index (χ1n) is 7.15. The van der Waals surface area contributed by atoms with Crippen LogP contribution in [0.3, 0.4) is 0 Å². The predicted octanol–water partition coefficient (Wildman–Crippen LogP) is 2.49. The summed E-state index contributed by atoms with van der Waals surface area (Å²) in [7, 11) is 0. The Labute approximate surface area is 116 Å². The standard InChI is InChI=1S/C14H28N2OS/c1-11(2)7-9-18-10-14(17)16-8-5-4-6-13(16)12(3)15/h11-13H,4-10,15H2,1-3H3. The van der Waals surface area contributed by atoms with E-state index in [0.717, 1.165) is 31.1 Å². The van der Waals surface area contributed by atoms with Gasteiger partial charge in [-0.05, 0) is 44.3 Å². The molecule has 0 aliphatic carbocycles. The van der Waals surface area contributed by atoms with E-state index < -0.39 is 0 Å². The SMILES string of the molecule is CC(C)CCSCC(=O)N1CCCCC1C(C)N. The molecule has 3 nitrogen and oxygen atoms in total. The molecule has 1 saturated heterocycles. The van der Waals surface area contributed by atoms with Crippen molar-refractivity contribution in [3.63, 3.8) is 0 Å². The second kappa shape index (κ2) is 8.05. The molecule has 0 aromatic carbocycles. The second-order valence-corrected chi connectivity index (χ2v) is 6.85. The van der Waals surface area contributed by atoms with Crippen LogP contribution >= 0.6 is 11.8 Å². The molecule has 2 unspecified atom stereocenters. The first kappa shape index (κ1) is 15.8. The van der Waals surface area contributed by atoms with Gasteiger partial charge in [0.25, 0.3) is 0 Å². The number of likely N-dealkylation sites (tertiary alicyclic amines) is 1. The fraction of sp³-hybridized carbons (Fsp3) is 0.929. The third kappa shape index (κ3) is 5.19. The molecule has 0 radical (unpaired) electrons. The van der Waals surface area contributed by atoms with Gasteiger partial charge in [-0.3, -0.25) is 4.79 Å². The van der Waals surface area contributed by atoms with E-state index in [4.69, 9.17) is 5.73 Å². The zero-order chi connectivity index (χ0) is 13.5. The maximum absolute atomic E-state index is 12.2. The summed E-state index contributed by atoms with van der Waals surface area (Å²) in [4.78, 5) is 14.2. The summed E-state index contributed by atoms with van der Waals surface area (Å²) < 4.78 is 0. The predicted molar refractivity (Wildman–Crippen MR) is 79.8 cm³/mol. The molecule has 1 heterocycles. The number of rotatable bonds is 6. The molecular weight excluding hydrogens is 244 g/mol. The summed E-state index contributed by atoms with van der Waals surface area (Å²) in [6.07, 6.45) is 4.59. The summed E-state index contributed by atoms with van der Waals surface area (Å²) >= 11 is 1.77. The largest absolute Gasteiger partial charge is 0.337 e. The van der Waals surface area contributed by atoms with Crippen LogP contribution in [0.5, 0.6) is 0 Å². The third-order valence-electron chi connectivity index (χ3n) is 3.54. The van der Waals surface area contributed by atoms with E-state index in [1.54, 1.807) is 11.8 Å². The molecule has 0 spiro atoms. The number of nitrogens with zero attached hydrogens (tertiary/aromatic N) is 1. The van der Waals surface area contributed by atoms with Crippen molar-refractivity contribution in [2.45, 2.75) is 58.5 Å². The van der Waals surface area contributed by atoms with Crippen LogP contribution in [0.25, 0.3) is 0 Å². The minimum absolute atomic E-state index is 0.0925. The van der Waals surface area contributed by atoms with Gasteiger partial charge in [0.2, 0.25) is 5.91 Å².